The number of alkyl halides is 3. The van der Waals surface area contributed by atoms with Gasteiger partial charge in [0.1, 0.15) is 0 Å². The molecule has 6 heteroatoms. The van der Waals surface area contributed by atoms with E-state index in [9.17, 15) is 4.79 Å². The second-order valence-electron chi connectivity index (χ2n) is 7.16. The van der Waals surface area contributed by atoms with Crippen LogP contribution in [-0.2, 0) is 15.4 Å². The van der Waals surface area contributed by atoms with Gasteiger partial charge in [0.05, 0.1) is 0 Å². The number of pyridine rings is 1. The van der Waals surface area contributed by atoms with E-state index in [0.717, 1.165) is 39.9 Å². The molecule has 1 fully saturated rings. The molecule has 1 aliphatic rings. The van der Waals surface area contributed by atoms with Crippen molar-refractivity contribution >= 4 is 36.8 Å². The van der Waals surface area contributed by atoms with E-state index >= 15 is 0 Å². The van der Waals surface area contributed by atoms with E-state index in [1.54, 1.807) is 0 Å². The molecule has 0 N–H and O–H groups in total. The van der Waals surface area contributed by atoms with Gasteiger partial charge in [0.2, 0.25) is 0 Å². The molecule has 24 heavy (non-hydrogen) atoms. The Kier molecular flexibility index (Phi) is 7.19. The van der Waals surface area contributed by atoms with Crippen molar-refractivity contribution in [2.24, 2.45) is 5.92 Å². The maximum absolute atomic E-state index is 12.1. The fourth-order valence-corrected chi connectivity index (χ4v) is 26.0. The van der Waals surface area contributed by atoms with Crippen molar-refractivity contribution in [1.82, 2.24) is 4.57 Å². The molecular formula is C18H32INO2S2. The molecule has 1 atom stereocenters. The van der Waals surface area contributed by atoms with Gasteiger partial charge >= 0.3 is 142 Å². The third-order valence-corrected chi connectivity index (χ3v) is 23.7. The van der Waals surface area contributed by atoms with Crippen molar-refractivity contribution in [3.05, 3.63) is 34.2 Å². The first-order chi connectivity index (χ1) is 11.2. The second-order valence-corrected chi connectivity index (χ2v) is 29.2. The van der Waals surface area contributed by atoms with Crippen LogP contribution in [0.4, 0.5) is 0 Å². The SMILES string of the molecule is CCOI1(C)(C)SC1CCSCc1ccn(CCC(C)C)c(=O)c1. The molecule has 2 rings (SSSR count). The minimum atomic E-state index is -2.43. The average molecular weight is 485 g/mol. The van der Waals surface area contributed by atoms with Crippen LogP contribution in [0, 0.1) is 5.92 Å². The Bertz CT molecular complexity index is 615. The van der Waals surface area contributed by atoms with Crippen LogP contribution in [0.15, 0.2) is 23.1 Å². The normalized spacial score (nSPS) is 22.9. The van der Waals surface area contributed by atoms with Crippen molar-refractivity contribution in [3.63, 3.8) is 0 Å². The van der Waals surface area contributed by atoms with Crippen LogP contribution >= 0.6 is 36.8 Å². The number of aromatic nitrogens is 1. The van der Waals surface area contributed by atoms with Crippen molar-refractivity contribution in [1.29, 1.82) is 0 Å². The van der Waals surface area contributed by atoms with Gasteiger partial charge < -0.3 is 0 Å². The Morgan fingerprint density at radius 3 is 2.79 bits per heavy atom. The van der Waals surface area contributed by atoms with Crippen LogP contribution < -0.4 is 5.56 Å². The Hall–Kier alpha value is 0.340. The molecule has 1 aliphatic heterocycles. The molecule has 0 spiro atoms. The number of aryl methyl sites for hydroxylation is 1. The molecule has 0 aliphatic carbocycles. The van der Waals surface area contributed by atoms with E-state index in [1.165, 1.54) is 6.42 Å². The first-order valence-corrected chi connectivity index (χ1v) is 19.6. The summed E-state index contributed by atoms with van der Waals surface area (Å²) in [5.41, 5.74) is 1.28. The van der Waals surface area contributed by atoms with E-state index in [1.807, 2.05) is 28.6 Å². The molecule has 1 saturated heterocycles. The van der Waals surface area contributed by atoms with Crippen molar-refractivity contribution in [2.75, 3.05) is 22.2 Å². The molecule has 0 radical (unpaired) electrons. The predicted octanol–water partition coefficient (Wildman–Crippen LogP) is 5.29. The molecule has 0 saturated carbocycles. The summed E-state index contributed by atoms with van der Waals surface area (Å²) in [4.78, 5) is 16.9. The third kappa shape index (κ3) is 5.68. The van der Waals surface area contributed by atoms with E-state index in [2.05, 4.69) is 45.6 Å². The van der Waals surface area contributed by atoms with Crippen molar-refractivity contribution in [3.8, 4) is 0 Å². The molecule has 140 valence electrons. The second kappa shape index (κ2) is 8.35. The number of rotatable bonds is 10. The zero-order valence-corrected chi connectivity index (χ0v) is 19.4. The average Bonchev–Trinajstić information content (AvgIpc) is 3.05. The Morgan fingerprint density at radius 2 is 2.17 bits per heavy atom. The van der Waals surface area contributed by atoms with Gasteiger partial charge in [-0.2, -0.15) is 0 Å². The van der Waals surface area contributed by atoms with Gasteiger partial charge in [0.25, 0.3) is 0 Å². The molecule has 0 aromatic carbocycles. The van der Waals surface area contributed by atoms with E-state index < -0.39 is 16.1 Å². The summed E-state index contributed by atoms with van der Waals surface area (Å²) in [5, 5.41) is 0. The number of nitrogens with zero attached hydrogens (tertiary/aromatic N) is 1. The molecule has 3 nitrogen and oxygen atoms in total. The summed E-state index contributed by atoms with van der Waals surface area (Å²) >= 11 is -0.495. The summed E-state index contributed by atoms with van der Waals surface area (Å²) in [6.45, 7) is 8.16. The summed E-state index contributed by atoms with van der Waals surface area (Å²) in [6.07, 6.45) is 4.25. The van der Waals surface area contributed by atoms with Gasteiger partial charge in [-0.25, -0.2) is 0 Å². The standard InChI is InChI=1S/C18H32INO2S2/c1-6-22-19(4,5)17(24-19)9-12-23-14-16-8-11-20(18(21)13-16)10-7-15(2)3/h8,11,13,15,17H,6-7,9-10,12,14H2,1-5H3. The molecular weight excluding hydrogens is 453 g/mol. The fraction of sp³-hybridized carbons (Fsp3) is 0.722. The summed E-state index contributed by atoms with van der Waals surface area (Å²) in [5.74, 6) is 2.71. The molecule has 1 aromatic rings. The zero-order valence-electron chi connectivity index (χ0n) is 15.6. The molecule has 0 amide bonds. The van der Waals surface area contributed by atoms with Gasteiger partial charge in [-0.3, -0.25) is 0 Å². The maximum atomic E-state index is 12.1. The van der Waals surface area contributed by atoms with E-state index in [4.69, 9.17) is 3.07 Å². The molecule has 2 heterocycles. The van der Waals surface area contributed by atoms with E-state index in [-0.39, 0.29) is 5.56 Å². The minimum absolute atomic E-state index is 0.137. The van der Waals surface area contributed by atoms with Crippen LogP contribution in [0.2, 0.25) is 0 Å². The van der Waals surface area contributed by atoms with Gasteiger partial charge in [-0.1, -0.05) is 13.8 Å². The van der Waals surface area contributed by atoms with Gasteiger partial charge in [-0.15, -0.1) is 0 Å². The van der Waals surface area contributed by atoms with Gasteiger partial charge in [0, 0.05) is 0 Å². The number of hydrogen-bond donors (Lipinski definition) is 0. The Morgan fingerprint density at radius 1 is 1.42 bits per heavy atom. The van der Waals surface area contributed by atoms with E-state index in [0.29, 0.717) is 5.92 Å². The topological polar surface area (TPSA) is 31.2 Å². The van der Waals surface area contributed by atoms with Crippen molar-refractivity contribution < 1.29 is 3.07 Å². The molecule has 0 bridgehead atoms. The number of hydrogen-bond acceptors (Lipinski definition) is 4. The predicted molar refractivity (Wildman–Crippen MR) is 120 cm³/mol. The first-order valence-electron chi connectivity index (χ1n) is 8.62. The van der Waals surface area contributed by atoms with Crippen LogP contribution in [-0.4, -0.2) is 30.0 Å². The summed E-state index contributed by atoms with van der Waals surface area (Å²) in [7, 11) is 2.12. The van der Waals surface area contributed by atoms with Crippen LogP contribution in [0.25, 0.3) is 0 Å². The Labute approximate surface area is 155 Å². The summed E-state index contributed by atoms with van der Waals surface area (Å²) < 4.78 is 8.72. The third-order valence-electron chi connectivity index (χ3n) is 4.22. The molecule has 1 unspecified atom stereocenters. The van der Waals surface area contributed by atoms with Gasteiger partial charge in [0.15, 0.2) is 0 Å². The fourth-order valence-electron chi connectivity index (χ4n) is 2.63. The van der Waals surface area contributed by atoms with Gasteiger partial charge in [-0.05, 0) is 0 Å². The van der Waals surface area contributed by atoms with Crippen LogP contribution in [0.5, 0.6) is 0 Å². The monoisotopic (exact) mass is 485 g/mol. The summed E-state index contributed by atoms with van der Waals surface area (Å²) in [6, 6.07) is 3.91. The van der Waals surface area contributed by atoms with Crippen LogP contribution in [0.1, 0.15) is 39.2 Å². The Balaban J connectivity index is 1.74. The van der Waals surface area contributed by atoms with Crippen LogP contribution in [0.3, 0.4) is 0 Å². The molecule has 1 aromatic heterocycles. The number of halogens is 1. The quantitative estimate of drug-likeness (QED) is 0.195. The number of thioether (sulfide) groups is 1. The zero-order chi connectivity index (χ0) is 17.8. The first kappa shape index (κ1) is 20.6. The van der Waals surface area contributed by atoms with Crippen molar-refractivity contribution in [2.45, 2.75) is 49.2 Å².